The normalized spacial score (nSPS) is 9.71. The van der Waals surface area contributed by atoms with E-state index in [0.717, 1.165) is 4.47 Å². The molecule has 0 unspecified atom stereocenters. The van der Waals surface area contributed by atoms with E-state index in [1.165, 1.54) is 21.5 Å². The molecule has 0 fully saturated rings. The summed E-state index contributed by atoms with van der Waals surface area (Å²) in [5, 5.41) is 5.19. The molecule has 0 heterocycles. The molecule has 3 aromatic carbocycles. The Morgan fingerprint density at radius 1 is 0.647 bits per heavy atom. The van der Waals surface area contributed by atoms with Crippen LogP contribution in [0.5, 0.6) is 0 Å². The van der Waals surface area contributed by atoms with Crippen LogP contribution in [0, 0.1) is 0 Å². The standard InChI is InChI=1S/C14H9Br.FH.Mg.2H/c15-14-7-3-6-12-11-5-2-1-4-10(11)8-9-13(12)14;;;;/h1-9H;1H;;;. The van der Waals surface area contributed by atoms with Crippen LogP contribution in [0.4, 0.5) is 4.70 Å². The molecule has 3 heteroatoms. The van der Waals surface area contributed by atoms with E-state index in [-0.39, 0.29) is 27.8 Å². The fraction of sp³-hybridized carbons (Fsp3) is 0. The summed E-state index contributed by atoms with van der Waals surface area (Å²) in [5.74, 6) is 0. The predicted molar refractivity (Wildman–Crippen MR) is 80.2 cm³/mol. The first kappa shape index (κ1) is 14.4. The van der Waals surface area contributed by atoms with E-state index in [9.17, 15) is 0 Å². The summed E-state index contributed by atoms with van der Waals surface area (Å²) in [6, 6.07) is 19.1. The molecule has 0 saturated carbocycles. The van der Waals surface area contributed by atoms with Gasteiger partial charge in [-0.3, -0.25) is 4.70 Å². The van der Waals surface area contributed by atoms with Crippen molar-refractivity contribution in [3.8, 4) is 0 Å². The molecule has 17 heavy (non-hydrogen) atoms. The molecule has 0 aliphatic heterocycles. The maximum atomic E-state index is 3.58. The number of hydrogen-bond donors (Lipinski definition) is 0. The zero-order valence-corrected chi connectivity index (χ0v) is 10.1. The Kier molecular flexibility index (Phi) is 4.92. The first-order chi connectivity index (χ1) is 7.36. The van der Waals surface area contributed by atoms with E-state index in [1.807, 2.05) is 0 Å². The van der Waals surface area contributed by atoms with Crippen LogP contribution >= 0.6 is 15.9 Å². The van der Waals surface area contributed by atoms with Gasteiger partial charge in [-0.1, -0.05) is 64.5 Å². The SMILES string of the molecule is Brc1cccc2c1ccc1ccccc12.F.[MgH2]. The molecule has 0 N–H and O–H groups in total. The maximum Gasteiger partial charge on any atom is 0.316 e. The Morgan fingerprint density at radius 3 is 2.18 bits per heavy atom. The van der Waals surface area contributed by atoms with Gasteiger partial charge in [0.25, 0.3) is 0 Å². The Labute approximate surface area is 124 Å². The third-order valence-corrected chi connectivity index (χ3v) is 3.42. The van der Waals surface area contributed by atoms with Crippen molar-refractivity contribution in [2.45, 2.75) is 0 Å². The molecule has 0 aromatic heterocycles. The lowest BCUT2D eigenvalue weighted by Gasteiger charge is -2.04. The Bertz CT molecular complexity index is 652. The van der Waals surface area contributed by atoms with E-state index < -0.39 is 0 Å². The van der Waals surface area contributed by atoms with Gasteiger partial charge >= 0.3 is 23.1 Å². The van der Waals surface area contributed by atoms with Crippen LogP contribution in [0.25, 0.3) is 21.5 Å². The largest absolute Gasteiger partial charge is 0.316 e. The summed E-state index contributed by atoms with van der Waals surface area (Å²) in [6.07, 6.45) is 0. The molecule has 0 aliphatic rings. The van der Waals surface area contributed by atoms with E-state index in [2.05, 4.69) is 70.5 Å². The fourth-order valence-corrected chi connectivity index (χ4v) is 2.50. The van der Waals surface area contributed by atoms with Crippen molar-refractivity contribution in [3.05, 3.63) is 59.1 Å². The van der Waals surface area contributed by atoms with Crippen LogP contribution in [0.15, 0.2) is 59.1 Å². The highest BCUT2D eigenvalue weighted by Crippen LogP contribution is 2.29. The van der Waals surface area contributed by atoms with E-state index in [1.54, 1.807) is 0 Å². The summed E-state index contributed by atoms with van der Waals surface area (Å²) in [6.45, 7) is 0. The molecule has 0 radical (unpaired) electrons. The molecular formula is C14H12BrFMg. The van der Waals surface area contributed by atoms with Crippen molar-refractivity contribution >= 4 is 60.5 Å². The number of rotatable bonds is 0. The van der Waals surface area contributed by atoms with E-state index in [0.29, 0.717) is 0 Å². The third-order valence-electron chi connectivity index (χ3n) is 2.73. The number of fused-ring (bicyclic) bond motifs is 3. The first-order valence-electron chi connectivity index (χ1n) is 4.92. The van der Waals surface area contributed by atoms with E-state index in [4.69, 9.17) is 0 Å². The van der Waals surface area contributed by atoms with Crippen molar-refractivity contribution in [3.63, 3.8) is 0 Å². The second-order valence-corrected chi connectivity index (χ2v) is 4.48. The molecule has 0 aliphatic carbocycles. The van der Waals surface area contributed by atoms with Crippen LogP contribution in [-0.2, 0) is 0 Å². The fourth-order valence-electron chi connectivity index (χ4n) is 2.00. The number of benzene rings is 3. The van der Waals surface area contributed by atoms with Gasteiger partial charge in [0, 0.05) is 4.47 Å². The lowest BCUT2D eigenvalue weighted by Crippen LogP contribution is -1.77. The summed E-state index contributed by atoms with van der Waals surface area (Å²) in [7, 11) is 0. The lowest BCUT2D eigenvalue weighted by atomic mass is 10.0. The van der Waals surface area contributed by atoms with Crippen LogP contribution in [0.3, 0.4) is 0 Å². The smallest absolute Gasteiger partial charge is 0.269 e. The molecule has 84 valence electrons. The van der Waals surface area contributed by atoms with Gasteiger partial charge in [-0.25, -0.2) is 0 Å². The van der Waals surface area contributed by atoms with Crippen LogP contribution in [-0.4, -0.2) is 23.1 Å². The minimum Gasteiger partial charge on any atom is -0.269 e. The Balaban J connectivity index is 0.000000722. The van der Waals surface area contributed by atoms with Gasteiger partial charge in [-0.2, -0.15) is 0 Å². The zero-order chi connectivity index (χ0) is 10.3. The monoisotopic (exact) mass is 302 g/mol. The summed E-state index contributed by atoms with van der Waals surface area (Å²) >= 11 is 3.58. The minimum absolute atomic E-state index is 0. The first-order valence-corrected chi connectivity index (χ1v) is 5.71. The van der Waals surface area contributed by atoms with Crippen molar-refractivity contribution in [2.24, 2.45) is 0 Å². The highest BCUT2D eigenvalue weighted by molar-refractivity contribution is 9.10. The second-order valence-electron chi connectivity index (χ2n) is 3.62. The Morgan fingerprint density at radius 2 is 1.35 bits per heavy atom. The lowest BCUT2D eigenvalue weighted by molar-refractivity contribution is 1.11. The van der Waals surface area contributed by atoms with Gasteiger partial charge < -0.3 is 0 Å². The van der Waals surface area contributed by atoms with Gasteiger partial charge in [0.2, 0.25) is 0 Å². The Hall–Kier alpha value is -0.644. The highest BCUT2D eigenvalue weighted by Gasteiger charge is 2.01. The molecule has 0 bridgehead atoms. The minimum atomic E-state index is 0. The molecule has 0 amide bonds. The summed E-state index contributed by atoms with van der Waals surface area (Å²) < 4.78 is 1.16. The quantitative estimate of drug-likeness (QED) is 0.435. The van der Waals surface area contributed by atoms with Crippen molar-refractivity contribution < 1.29 is 4.70 Å². The van der Waals surface area contributed by atoms with Gasteiger partial charge in [0.15, 0.2) is 0 Å². The zero-order valence-electron chi connectivity index (χ0n) is 8.48. The second kappa shape index (κ2) is 5.80. The molecule has 0 atom stereocenters. The van der Waals surface area contributed by atoms with Gasteiger partial charge in [0.05, 0.1) is 0 Å². The molecule has 0 nitrogen and oxygen atoms in total. The van der Waals surface area contributed by atoms with Crippen molar-refractivity contribution in [1.29, 1.82) is 0 Å². The summed E-state index contributed by atoms with van der Waals surface area (Å²) in [4.78, 5) is 0. The maximum absolute atomic E-state index is 3.58. The van der Waals surface area contributed by atoms with Crippen LogP contribution < -0.4 is 0 Å². The molecular weight excluding hydrogens is 291 g/mol. The van der Waals surface area contributed by atoms with Gasteiger partial charge in [-0.05, 0) is 27.6 Å². The highest BCUT2D eigenvalue weighted by atomic mass is 79.9. The third kappa shape index (κ3) is 2.46. The van der Waals surface area contributed by atoms with Gasteiger partial charge in [0.1, 0.15) is 0 Å². The molecule has 0 saturated heterocycles. The van der Waals surface area contributed by atoms with Crippen molar-refractivity contribution in [2.75, 3.05) is 0 Å². The number of halogens is 2. The molecule has 0 spiro atoms. The number of hydrogen-bond acceptors (Lipinski definition) is 0. The topological polar surface area (TPSA) is 0 Å². The average molecular weight is 303 g/mol. The molecule has 3 aromatic rings. The molecule has 3 rings (SSSR count). The predicted octanol–water partition coefficient (Wildman–Crippen LogP) is 3.99. The average Bonchev–Trinajstić information content (AvgIpc) is 2.29. The summed E-state index contributed by atoms with van der Waals surface area (Å²) in [5.41, 5.74) is 0. The van der Waals surface area contributed by atoms with Crippen LogP contribution in [0.1, 0.15) is 0 Å². The van der Waals surface area contributed by atoms with Crippen LogP contribution in [0.2, 0.25) is 0 Å². The van der Waals surface area contributed by atoms with Crippen molar-refractivity contribution in [1.82, 2.24) is 0 Å². The van der Waals surface area contributed by atoms with E-state index >= 15 is 0 Å². The van der Waals surface area contributed by atoms with Gasteiger partial charge in [-0.15, -0.1) is 0 Å².